The number of benzene rings is 6. The Morgan fingerprint density at radius 1 is 0.532 bits per heavy atom. The van der Waals surface area contributed by atoms with E-state index in [9.17, 15) is 0 Å². The highest BCUT2D eigenvalue weighted by molar-refractivity contribution is 7.04. The molecule has 0 saturated carbocycles. The number of aromatic nitrogens is 3. The van der Waals surface area contributed by atoms with Gasteiger partial charge < -0.3 is 8.98 Å². The van der Waals surface area contributed by atoms with Gasteiger partial charge in [-0.05, 0) is 46.3 Å². The number of para-hydroxylation sites is 2. The van der Waals surface area contributed by atoms with Gasteiger partial charge in [0.15, 0.2) is 5.82 Å². The Balaban J connectivity index is 1.24. The van der Waals surface area contributed by atoms with Crippen LogP contribution in [0.15, 0.2) is 144 Å². The monoisotopic (exact) mass is 619 g/mol. The summed E-state index contributed by atoms with van der Waals surface area (Å²) in [6.45, 7) is 4.87. The van der Waals surface area contributed by atoms with E-state index in [0.717, 1.165) is 67.0 Å². The van der Waals surface area contributed by atoms with Gasteiger partial charge in [-0.2, -0.15) is 0 Å². The second-order valence-electron chi connectivity index (χ2n) is 13.0. The zero-order valence-corrected chi connectivity index (χ0v) is 27.0. The van der Waals surface area contributed by atoms with Crippen LogP contribution in [-0.4, -0.2) is 22.6 Å². The van der Waals surface area contributed by atoms with Gasteiger partial charge in [0.1, 0.15) is 19.2 Å². The van der Waals surface area contributed by atoms with Gasteiger partial charge in [0.05, 0.1) is 22.4 Å². The first-order chi connectivity index (χ1) is 23.1. The van der Waals surface area contributed by atoms with Crippen LogP contribution < -0.4 is 10.4 Å². The van der Waals surface area contributed by atoms with Gasteiger partial charge in [0.25, 0.3) is 0 Å². The largest absolute Gasteiger partial charge is 0.456 e. The molecule has 4 heterocycles. The van der Waals surface area contributed by atoms with Crippen molar-refractivity contribution in [3.63, 3.8) is 0 Å². The topological polar surface area (TPSA) is 43.9 Å². The molecule has 222 valence electrons. The third kappa shape index (κ3) is 3.75. The Bertz CT molecular complexity index is 2720. The number of nitrogens with zero attached hydrogens (tertiary/aromatic N) is 3. The first-order valence-electron chi connectivity index (χ1n) is 16.1. The normalized spacial score (nSPS) is 13.5. The second kappa shape index (κ2) is 9.61. The molecule has 3 aromatic heterocycles. The number of hydrogen-bond acceptors (Lipinski definition) is 3. The van der Waals surface area contributed by atoms with E-state index in [4.69, 9.17) is 14.4 Å². The maximum Gasteiger partial charge on any atom is 0.160 e. The van der Waals surface area contributed by atoms with Gasteiger partial charge in [-0.15, -0.1) is 0 Å². The molecular formula is C42H29N3OSi. The van der Waals surface area contributed by atoms with E-state index in [1.54, 1.807) is 0 Å². The Morgan fingerprint density at radius 3 is 2.15 bits per heavy atom. The summed E-state index contributed by atoms with van der Waals surface area (Å²) in [6, 6.07) is 49.5. The summed E-state index contributed by atoms with van der Waals surface area (Å²) in [7, 11) is -2.09. The van der Waals surface area contributed by atoms with Gasteiger partial charge >= 0.3 is 0 Å². The molecule has 9 aromatic rings. The highest BCUT2D eigenvalue weighted by Gasteiger charge is 2.41. The Hall–Kier alpha value is -5.78. The molecule has 10 rings (SSSR count). The summed E-state index contributed by atoms with van der Waals surface area (Å²) >= 11 is 0. The van der Waals surface area contributed by atoms with E-state index in [2.05, 4.69) is 139 Å². The first-order valence-corrected chi connectivity index (χ1v) is 19.1. The van der Waals surface area contributed by atoms with Gasteiger partial charge in [-0.3, -0.25) is 0 Å². The molecule has 1 aliphatic rings. The summed E-state index contributed by atoms with van der Waals surface area (Å²) < 4.78 is 8.75. The predicted octanol–water partition coefficient (Wildman–Crippen LogP) is 9.61. The van der Waals surface area contributed by atoms with Gasteiger partial charge in [0, 0.05) is 44.4 Å². The predicted molar refractivity (Wildman–Crippen MR) is 197 cm³/mol. The third-order valence-corrected chi connectivity index (χ3v) is 13.5. The summed E-state index contributed by atoms with van der Waals surface area (Å²) in [5, 5.41) is 7.44. The minimum Gasteiger partial charge on any atom is -0.456 e. The van der Waals surface area contributed by atoms with Crippen LogP contribution >= 0.6 is 0 Å². The van der Waals surface area contributed by atoms with Crippen LogP contribution in [0.25, 0.3) is 83.3 Å². The van der Waals surface area contributed by atoms with Crippen molar-refractivity contribution in [2.24, 2.45) is 0 Å². The zero-order valence-electron chi connectivity index (χ0n) is 26.0. The average Bonchev–Trinajstić information content (AvgIpc) is 3.72. The summed E-state index contributed by atoms with van der Waals surface area (Å²) in [5.74, 6) is 0.760. The van der Waals surface area contributed by atoms with Crippen molar-refractivity contribution in [1.29, 1.82) is 0 Å². The lowest BCUT2D eigenvalue weighted by molar-refractivity contribution is 0.669. The van der Waals surface area contributed by atoms with E-state index in [0.29, 0.717) is 0 Å². The van der Waals surface area contributed by atoms with Gasteiger partial charge in [0.2, 0.25) is 0 Å². The lowest BCUT2D eigenvalue weighted by Crippen LogP contribution is -2.50. The maximum absolute atomic E-state index is 6.37. The van der Waals surface area contributed by atoms with E-state index >= 15 is 0 Å². The van der Waals surface area contributed by atoms with Crippen LogP contribution in [0, 0.1) is 0 Å². The Labute approximate surface area is 272 Å². The van der Waals surface area contributed by atoms with Gasteiger partial charge in [-0.25, -0.2) is 9.97 Å². The zero-order chi connectivity index (χ0) is 31.3. The fourth-order valence-corrected chi connectivity index (χ4v) is 11.0. The molecule has 0 atom stereocenters. The molecule has 0 N–H and O–H groups in total. The molecule has 0 aliphatic carbocycles. The van der Waals surface area contributed by atoms with E-state index in [1.807, 2.05) is 18.2 Å². The molecular weight excluding hydrogens is 591 g/mol. The molecule has 1 aliphatic heterocycles. The molecule has 47 heavy (non-hydrogen) atoms. The average molecular weight is 620 g/mol. The summed E-state index contributed by atoms with van der Waals surface area (Å²) in [6.07, 6.45) is 0. The quantitative estimate of drug-likeness (QED) is 0.185. The summed E-state index contributed by atoms with van der Waals surface area (Å²) in [4.78, 5) is 10.6. The van der Waals surface area contributed by atoms with Crippen molar-refractivity contribution in [3.05, 3.63) is 140 Å². The lowest BCUT2D eigenvalue weighted by atomic mass is 10.1. The number of fused-ring (bicyclic) bond motifs is 9. The highest BCUT2D eigenvalue weighted by Crippen LogP contribution is 2.39. The van der Waals surface area contributed by atoms with E-state index in [1.165, 1.54) is 26.7 Å². The molecule has 0 saturated heterocycles. The van der Waals surface area contributed by atoms with Crippen molar-refractivity contribution in [2.45, 2.75) is 13.1 Å². The fraction of sp³-hybridized carbons (Fsp3) is 0.0476. The second-order valence-corrected chi connectivity index (χ2v) is 17.3. The van der Waals surface area contributed by atoms with Crippen molar-refractivity contribution < 1.29 is 4.42 Å². The maximum atomic E-state index is 6.37. The van der Waals surface area contributed by atoms with Crippen LogP contribution in [0.3, 0.4) is 0 Å². The van der Waals surface area contributed by atoms with Crippen LogP contribution in [0.1, 0.15) is 0 Å². The van der Waals surface area contributed by atoms with Gasteiger partial charge in [-0.1, -0.05) is 116 Å². The molecule has 5 heteroatoms. The van der Waals surface area contributed by atoms with E-state index < -0.39 is 8.07 Å². The Kier molecular flexibility index (Phi) is 5.41. The number of rotatable bonds is 3. The molecule has 0 bridgehead atoms. The lowest BCUT2D eigenvalue weighted by Gasteiger charge is -2.22. The minimum absolute atomic E-state index is 0.760. The van der Waals surface area contributed by atoms with Crippen molar-refractivity contribution >= 4 is 62.2 Å². The molecule has 6 aromatic carbocycles. The summed E-state index contributed by atoms with van der Waals surface area (Å²) in [5.41, 5.74) is 10.7. The number of furan rings is 1. The van der Waals surface area contributed by atoms with Crippen LogP contribution in [0.2, 0.25) is 13.1 Å². The van der Waals surface area contributed by atoms with Crippen LogP contribution in [-0.2, 0) is 0 Å². The minimum atomic E-state index is -2.09. The Morgan fingerprint density at radius 2 is 1.26 bits per heavy atom. The highest BCUT2D eigenvalue weighted by atomic mass is 28.3. The first kappa shape index (κ1) is 26.4. The third-order valence-electron chi connectivity index (χ3n) is 9.97. The number of hydrogen-bond donors (Lipinski definition) is 0. The molecule has 0 spiro atoms. The molecule has 0 fully saturated rings. The van der Waals surface area contributed by atoms with E-state index in [-0.39, 0.29) is 0 Å². The molecule has 4 nitrogen and oxygen atoms in total. The van der Waals surface area contributed by atoms with Crippen molar-refractivity contribution in [2.75, 3.05) is 0 Å². The fourth-order valence-electron chi connectivity index (χ4n) is 7.80. The van der Waals surface area contributed by atoms with Crippen molar-refractivity contribution in [3.8, 4) is 39.6 Å². The standard InChI is InChI=1S/C42H29N3OSi/c1-47(2)38-22-11-8-19-31(38)40-41(47)39(43-42(44-40)26-13-4-3-5-14-26)27-15-12-16-28(23-27)45-34-20-9-6-17-29(34)32-24-33-30-18-7-10-21-36(30)46-37(33)25-35(32)45/h3-25H,1-2H3. The molecule has 0 amide bonds. The molecule has 0 unspecified atom stereocenters. The van der Waals surface area contributed by atoms with Crippen molar-refractivity contribution in [1.82, 2.24) is 14.5 Å². The van der Waals surface area contributed by atoms with Crippen LogP contribution in [0.4, 0.5) is 0 Å². The molecule has 0 radical (unpaired) electrons. The smallest absolute Gasteiger partial charge is 0.160 e. The van der Waals surface area contributed by atoms with Crippen LogP contribution in [0.5, 0.6) is 0 Å². The SMILES string of the molecule is C[Si]1(C)c2ccccc2-c2nc(-c3ccccc3)nc(-c3cccc(-n4c5ccccc5c5cc6c(cc54)oc4ccccc46)c3)c21.